The number of sulfone groups is 2. The van der Waals surface area contributed by atoms with Crippen molar-refractivity contribution in [1.29, 1.82) is 0 Å². The first-order chi connectivity index (χ1) is 20.6. The van der Waals surface area contributed by atoms with Crippen molar-refractivity contribution in [2.24, 2.45) is 0 Å². The quantitative estimate of drug-likeness (QED) is 0.183. The monoisotopic (exact) mass is 625 g/mol. The van der Waals surface area contributed by atoms with Crippen molar-refractivity contribution in [2.45, 2.75) is 36.5 Å². The molecule has 8 heteroatoms. The molecular formula is C36H35NO5S2. The normalized spacial score (nSPS) is 13.6. The van der Waals surface area contributed by atoms with Crippen LogP contribution in [0.15, 0.2) is 108 Å². The highest BCUT2D eigenvalue weighted by atomic mass is 32.2. The summed E-state index contributed by atoms with van der Waals surface area (Å²) < 4.78 is 49.1. The lowest BCUT2D eigenvalue weighted by molar-refractivity contribution is 0.0786. The van der Waals surface area contributed by atoms with Crippen molar-refractivity contribution in [1.82, 2.24) is 4.98 Å². The van der Waals surface area contributed by atoms with Crippen LogP contribution in [0.2, 0.25) is 0 Å². The van der Waals surface area contributed by atoms with Crippen molar-refractivity contribution in [3.8, 4) is 11.1 Å². The van der Waals surface area contributed by atoms with Crippen molar-refractivity contribution in [3.05, 3.63) is 131 Å². The third-order valence-electron chi connectivity index (χ3n) is 7.84. The average molecular weight is 626 g/mol. The SMILES string of the molecule is CC(c1cc(-c2cccc(/C=C(\c3ccc(C(C)(C)O)cc3)c3ccc(S(C)(=O)=O)cc3)c2)c2ncccc2c1)S(C)(=O)=O. The smallest absolute Gasteiger partial charge is 0.175 e. The van der Waals surface area contributed by atoms with Crippen LogP contribution in [0.5, 0.6) is 0 Å². The van der Waals surface area contributed by atoms with E-state index in [9.17, 15) is 21.9 Å². The highest BCUT2D eigenvalue weighted by Crippen LogP contribution is 2.35. The molecule has 0 amide bonds. The van der Waals surface area contributed by atoms with E-state index in [2.05, 4.69) is 4.98 Å². The Labute approximate surface area is 259 Å². The van der Waals surface area contributed by atoms with Gasteiger partial charge in [-0.1, -0.05) is 60.7 Å². The van der Waals surface area contributed by atoms with E-state index in [1.165, 1.54) is 12.5 Å². The van der Waals surface area contributed by atoms with Gasteiger partial charge in [-0.3, -0.25) is 4.98 Å². The molecule has 0 bridgehead atoms. The van der Waals surface area contributed by atoms with Crippen LogP contribution in [0.3, 0.4) is 0 Å². The first kappa shape index (κ1) is 31.3. The van der Waals surface area contributed by atoms with Crippen LogP contribution in [0.25, 0.3) is 33.7 Å². The molecule has 0 aliphatic rings. The molecule has 0 aliphatic heterocycles. The molecule has 6 nitrogen and oxygen atoms in total. The molecule has 0 fully saturated rings. The van der Waals surface area contributed by atoms with Crippen molar-refractivity contribution >= 4 is 42.2 Å². The summed E-state index contributed by atoms with van der Waals surface area (Å²) in [5.41, 5.74) is 6.45. The minimum Gasteiger partial charge on any atom is -0.386 e. The van der Waals surface area contributed by atoms with Gasteiger partial charge in [0.15, 0.2) is 19.7 Å². The molecule has 5 aromatic rings. The first-order valence-corrected chi connectivity index (χ1v) is 18.0. The van der Waals surface area contributed by atoms with Crippen molar-refractivity contribution in [3.63, 3.8) is 0 Å². The number of pyridine rings is 1. The zero-order valence-electron chi connectivity index (χ0n) is 25.3. The van der Waals surface area contributed by atoms with Gasteiger partial charge in [-0.15, -0.1) is 0 Å². The molecule has 0 radical (unpaired) electrons. The molecular weight excluding hydrogens is 591 g/mol. The Bertz CT molecular complexity index is 2090. The fraction of sp³-hybridized carbons (Fsp3) is 0.194. The van der Waals surface area contributed by atoms with E-state index in [0.29, 0.717) is 5.56 Å². The van der Waals surface area contributed by atoms with Gasteiger partial charge in [0, 0.05) is 29.7 Å². The summed E-state index contributed by atoms with van der Waals surface area (Å²) in [6.07, 6.45) is 6.19. The molecule has 1 aromatic heterocycles. The van der Waals surface area contributed by atoms with E-state index in [1.807, 2.05) is 78.9 Å². The third kappa shape index (κ3) is 6.83. The first-order valence-electron chi connectivity index (χ1n) is 14.1. The van der Waals surface area contributed by atoms with Crippen molar-refractivity contribution in [2.75, 3.05) is 12.5 Å². The fourth-order valence-corrected chi connectivity index (χ4v) is 6.41. The standard InChI is InChI=1S/C36H35NO5S2/c1-24(43(4,39)40)30-22-29-10-7-19-37-35(29)34(23-30)28-9-6-8-25(20-28)21-33(26-11-15-31(16-12-26)36(2,3)38)27-13-17-32(18-14-27)44(5,41)42/h6-24,38H,1-5H3/b33-21+. The molecule has 4 aromatic carbocycles. The number of hydrogen-bond acceptors (Lipinski definition) is 6. The fourth-order valence-electron chi connectivity index (χ4n) is 5.15. The highest BCUT2D eigenvalue weighted by molar-refractivity contribution is 7.91. The summed E-state index contributed by atoms with van der Waals surface area (Å²) in [7, 11) is -6.67. The summed E-state index contributed by atoms with van der Waals surface area (Å²) in [5, 5.41) is 10.7. The molecule has 44 heavy (non-hydrogen) atoms. The average Bonchev–Trinajstić information content (AvgIpc) is 2.98. The summed E-state index contributed by atoms with van der Waals surface area (Å²) in [5.74, 6) is 0. The maximum Gasteiger partial charge on any atom is 0.175 e. The van der Waals surface area contributed by atoms with Crippen LogP contribution in [0.1, 0.15) is 53.8 Å². The molecule has 0 aliphatic carbocycles. The number of nitrogens with zero attached hydrogens (tertiary/aromatic N) is 1. The maximum absolute atomic E-state index is 12.4. The Balaban J connectivity index is 1.67. The van der Waals surface area contributed by atoms with Crippen LogP contribution in [-0.4, -0.2) is 39.4 Å². The van der Waals surface area contributed by atoms with E-state index in [0.717, 1.165) is 49.9 Å². The predicted molar refractivity (Wildman–Crippen MR) is 179 cm³/mol. The topological polar surface area (TPSA) is 101 Å². The van der Waals surface area contributed by atoms with Gasteiger partial charge in [-0.05, 0) is 102 Å². The van der Waals surface area contributed by atoms with Crippen LogP contribution in [-0.2, 0) is 25.3 Å². The minimum atomic E-state index is -3.35. The number of fused-ring (bicyclic) bond motifs is 1. The molecule has 1 heterocycles. The predicted octanol–water partition coefficient (Wildman–Crippen LogP) is 7.23. The Morgan fingerprint density at radius 2 is 1.45 bits per heavy atom. The lowest BCUT2D eigenvalue weighted by Crippen LogP contribution is -2.15. The van der Waals surface area contributed by atoms with Gasteiger partial charge in [-0.25, -0.2) is 16.8 Å². The number of hydrogen-bond donors (Lipinski definition) is 1. The number of rotatable bonds is 8. The van der Waals surface area contributed by atoms with E-state index >= 15 is 0 Å². The molecule has 1 N–H and O–H groups in total. The van der Waals surface area contributed by atoms with Crippen LogP contribution in [0.4, 0.5) is 0 Å². The summed E-state index contributed by atoms with van der Waals surface area (Å²) in [6.45, 7) is 5.16. The molecule has 0 spiro atoms. The Morgan fingerprint density at radius 1 is 0.818 bits per heavy atom. The molecule has 5 rings (SSSR count). The van der Waals surface area contributed by atoms with Crippen molar-refractivity contribution < 1.29 is 21.9 Å². The van der Waals surface area contributed by atoms with Crippen LogP contribution < -0.4 is 0 Å². The second-order valence-electron chi connectivity index (χ2n) is 11.7. The van der Waals surface area contributed by atoms with Gasteiger partial charge in [-0.2, -0.15) is 0 Å². The zero-order chi connectivity index (χ0) is 31.9. The maximum atomic E-state index is 12.4. The number of aromatic nitrogens is 1. The van der Waals surface area contributed by atoms with Gasteiger partial charge < -0.3 is 5.11 Å². The summed E-state index contributed by atoms with van der Waals surface area (Å²) in [4.78, 5) is 4.87. The van der Waals surface area contributed by atoms with Gasteiger partial charge >= 0.3 is 0 Å². The molecule has 226 valence electrons. The molecule has 0 saturated carbocycles. The van der Waals surface area contributed by atoms with Crippen LogP contribution >= 0.6 is 0 Å². The minimum absolute atomic E-state index is 0.238. The zero-order valence-corrected chi connectivity index (χ0v) is 26.9. The van der Waals surface area contributed by atoms with E-state index < -0.39 is 30.5 Å². The second-order valence-corrected chi connectivity index (χ2v) is 16.1. The molecule has 1 atom stereocenters. The van der Waals surface area contributed by atoms with Gasteiger partial charge in [0.05, 0.1) is 21.3 Å². The number of aliphatic hydroxyl groups is 1. The summed E-state index contributed by atoms with van der Waals surface area (Å²) >= 11 is 0. The Morgan fingerprint density at radius 3 is 2.05 bits per heavy atom. The Hall–Kier alpha value is -4.11. The van der Waals surface area contributed by atoms with Gasteiger partial charge in [0.1, 0.15) is 0 Å². The van der Waals surface area contributed by atoms with Crippen LogP contribution in [0, 0.1) is 0 Å². The molecule has 1 unspecified atom stereocenters. The van der Waals surface area contributed by atoms with E-state index in [1.54, 1.807) is 51.2 Å². The summed E-state index contributed by atoms with van der Waals surface area (Å²) in [6, 6.07) is 30.0. The second kappa shape index (κ2) is 11.8. The van der Waals surface area contributed by atoms with Gasteiger partial charge in [0.25, 0.3) is 0 Å². The number of benzene rings is 4. The third-order valence-corrected chi connectivity index (χ3v) is 10.5. The van der Waals surface area contributed by atoms with E-state index in [-0.39, 0.29) is 4.90 Å². The largest absolute Gasteiger partial charge is 0.386 e. The highest BCUT2D eigenvalue weighted by Gasteiger charge is 2.20. The lowest BCUT2D eigenvalue weighted by atomic mass is 9.91. The molecule has 0 saturated heterocycles. The van der Waals surface area contributed by atoms with E-state index in [4.69, 9.17) is 0 Å². The lowest BCUT2D eigenvalue weighted by Gasteiger charge is -2.18. The Kier molecular flexibility index (Phi) is 8.37. The van der Waals surface area contributed by atoms with Gasteiger partial charge in [0.2, 0.25) is 0 Å².